The Morgan fingerprint density at radius 2 is 2.16 bits per heavy atom. The van der Waals surface area contributed by atoms with Crippen molar-refractivity contribution in [1.29, 1.82) is 0 Å². The van der Waals surface area contributed by atoms with Gasteiger partial charge in [0.15, 0.2) is 0 Å². The largest absolute Gasteiger partial charge is 0.314 e. The molecule has 19 heavy (non-hydrogen) atoms. The minimum absolute atomic E-state index is 0.753. The number of nitrogens with one attached hydrogen (secondary N) is 1. The zero-order chi connectivity index (χ0) is 13.1. The van der Waals surface area contributed by atoms with Crippen LogP contribution in [0.1, 0.15) is 37.0 Å². The van der Waals surface area contributed by atoms with Gasteiger partial charge in [-0.05, 0) is 46.1 Å². The molecule has 0 spiro atoms. The van der Waals surface area contributed by atoms with Crippen molar-refractivity contribution in [2.45, 2.75) is 44.7 Å². The number of thiophene rings is 1. The van der Waals surface area contributed by atoms with E-state index in [2.05, 4.69) is 37.6 Å². The minimum Gasteiger partial charge on any atom is -0.314 e. The molecule has 0 radical (unpaired) electrons. The molecule has 1 saturated carbocycles. The molecule has 106 valence electrons. The molecular weight excluding hydrogens is 320 g/mol. The summed E-state index contributed by atoms with van der Waals surface area (Å²) in [6.45, 7) is 4.66. The van der Waals surface area contributed by atoms with Crippen LogP contribution in [0.25, 0.3) is 0 Å². The van der Waals surface area contributed by atoms with Gasteiger partial charge < -0.3 is 5.32 Å². The summed E-state index contributed by atoms with van der Waals surface area (Å²) >= 11 is 5.56. The predicted molar refractivity (Wildman–Crippen MR) is 85.7 cm³/mol. The van der Waals surface area contributed by atoms with Crippen molar-refractivity contribution in [3.8, 4) is 0 Å². The van der Waals surface area contributed by atoms with Crippen LogP contribution < -0.4 is 5.32 Å². The Kier molecular flexibility index (Phi) is 4.96. The number of nitrogens with zero attached hydrogens (tertiary/aromatic N) is 1. The summed E-state index contributed by atoms with van der Waals surface area (Å²) in [7, 11) is 0. The monoisotopic (exact) mass is 342 g/mol. The Labute approximate surface area is 128 Å². The first-order valence-electron chi connectivity index (χ1n) is 7.51. The van der Waals surface area contributed by atoms with Crippen LogP contribution in [-0.2, 0) is 6.54 Å². The molecule has 4 heteroatoms. The number of piperazine rings is 1. The highest BCUT2D eigenvalue weighted by Gasteiger charge is 2.30. The van der Waals surface area contributed by atoms with Gasteiger partial charge in [-0.25, -0.2) is 0 Å². The maximum absolute atomic E-state index is 3.68. The molecule has 1 atom stereocenters. The Hall–Kier alpha value is 0.1000. The van der Waals surface area contributed by atoms with Crippen molar-refractivity contribution < 1.29 is 0 Å². The lowest BCUT2D eigenvalue weighted by molar-refractivity contribution is 0.0867. The molecule has 2 fully saturated rings. The van der Waals surface area contributed by atoms with Crippen LogP contribution in [0.3, 0.4) is 0 Å². The first kappa shape index (κ1) is 14.1. The molecule has 1 unspecified atom stereocenters. The molecule has 1 aromatic heterocycles. The van der Waals surface area contributed by atoms with Gasteiger partial charge in [-0.3, -0.25) is 4.90 Å². The summed E-state index contributed by atoms with van der Waals surface area (Å²) < 4.78 is 1.29. The van der Waals surface area contributed by atoms with E-state index in [0.29, 0.717) is 0 Å². The van der Waals surface area contributed by atoms with Crippen molar-refractivity contribution in [3.63, 3.8) is 0 Å². The Morgan fingerprint density at radius 3 is 2.89 bits per heavy atom. The van der Waals surface area contributed by atoms with Gasteiger partial charge >= 0.3 is 0 Å². The van der Waals surface area contributed by atoms with Gasteiger partial charge in [0.05, 0.1) is 0 Å². The average Bonchev–Trinajstić information content (AvgIpc) is 2.86. The maximum Gasteiger partial charge on any atom is 0.0343 e. The highest BCUT2D eigenvalue weighted by Crippen LogP contribution is 2.32. The van der Waals surface area contributed by atoms with Gasteiger partial charge in [-0.1, -0.05) is 19.3 Å². The van der Waals surface area contributed by atoms with Gasteiger partial charge in [0, 0.05) is 41.6 Å². The Bertz CT molecular complexity index is 401. The zero-order valence-electron chi connectivity index (χ0n) is 11.4. The molecule has 2 heterocycles. The van der Waals surface area contributed by atoms with Crippen molar-refractivity contribution in [3.05, 3.63) is 20.8 Å². The van der Waals surface area contributed by atoms with E-state index < -0.39 is 0 Å². The maximum atomic E-state index is 3.68. The summed E-state index contributed by atoms with van der Waals surface area (Å²) in [5.74, 6) is 0.917. The first-order valence-corrected chi connectivity index (χ1v) is 9.18. The van der Waals surface area contributed by atoms with Gasteiger partial charge in [-0.15, -0.1) is 11.3 Å². The first-order chi connectivity index (χ1) is 9.34. The van der Waals surface area contributed by atoms with Crippen molar-refractivity contribution >= 4 is 27.3 Å². The van der Waals surface area contributed by atoms with E-state index in [-0.39, 0.29) is 0 Å². The molecule has 1 aromatic rings. The molecule has 2 nitrogen and oxygen atoms in total. The molecule has 1 saturated heterocycles. The van der Waals surface area contributed by atoms with Crippen LogP contribution >= 0.6 is 27.3 Å². The number of halogens is 1. The number of hydrogen-bond acceptors (Lipinski definition) is 3. The average molecular weight is 343 g/mol. The van der Waals surface area contributed by atoms with Crippen molar-refractivity contribution in [1.82, 2.24) is 10.2 Å². The van der Waals surface area contributed by atoms with Crippen LogP contribution in [0.5, 0.6) is 0 Å². The third-order valence-corrected chi connectivity index (χ3v) is 6.54. The Balaban J connectivity index is 1.68. The molecule has 3 rings (SSSR count). The van der Waals surface area contributed by atoms with E-state index >= 15 is 0 Å². The fraction of sp³-hybridized carbons (Fsp3) is 0.733. The van der Waals surface area contributed by atoms with Crippen LogP contribution in [0.15, 0.2) is 15.9 Å². The highest BCUT2D eigenvalue weighted by atomic mass is 79.9. The van der Waals surface area contributed by atoms with Gasteiger partial charge in [0.2, 0.25) is 0 Å². The van der Waals surface area contributed by atoms with Crippen molar-refractivity contribution in [2.24, 2.45) is 5.92 Å². The van der Waals surface area contributed by atoms with Crippen LogP contribution in [0.4, 0.5) is 0 Å². The third kappa shape index (κ3) is 3.41. The lowest BCUT2D eigenvalue weighted by Gasteiger charge is -2.42. The molecule has 1 N–H and O–H groups in total. The minimum atomic E-state index is 0.753. The highest BCUT2D eigenvalue weighted by molar-refractivity contribution is 9.10. The van der Waals surface area contributed by atoms with Crippen LogP contribution in [0.2, 0.25) is 0 Å². The lowest BCUT2D eigenvalue weighted by Crippen LogP contribution is -2.54. The van der Waals surface area contributed by atoms with E-state index in [1.54, 1.807) is 0 Å². The molecule has 1 aliphatic heterocycles. The van der Waals surface area contributed by atoms with E-state index in [1.165, 1.54) is 54.5 Å². The molecule has 0 aromatic carbocycles. The second-order valence-electron chi connectivity index (χ2n) is 5.83. The molecule has 0 amide bonds. The van der Waals surface area contributed by atoms with E-state index in [4.69, 9.17) is 0 Å². The quantitative estimate of drug-likeness (QED) is 0.896. The standard InChI is InChI=1S/C15H23BrN2S/c16-13-6-9-19-15(13)11-18-8-7-17-10-14(18)12-4-2-1-3-5-12/h6,9,12,14,17H,1-5,7-8,10-11H2. The van der Waals surface area contributed by atoms with Crippen LogP contribution in [-0.4, -0.2) is 30.6 Å². The smallest absolute Gasteiger partial charge is 0.0343 e. The molecule has 0 bridgehead atoms. The summed E-state index contributed by atoms with van der Waals surface area (Å²) in [6, 6.07) is 2.93. The molecular formula is C15H23BrN2S. The topological polar surface area (TPSA) is 15.3 Å². The SMILES string of the molecule is Brc1ccsc1CN1CCNCC1C1CCCCC1. The Morgan fingerprint density at radius 1 is 1.32 bits per heavy atom. The second-order valence-corrected chi connectivity index (χ2v) is 7.69. The molecule has 1 aliphatic carbocycles. The van der Waals surface area contributed by atoms with E-state index in [9.17, 15) is 0 Å². The predicted octanol–water partition coefficient (Wildman–Crippen LogP) is 3.86. The molecule has 2 aliphatic rings. The second kappa shape index (κ2) is 6.70. The van der Waals surface area contributed by atoms with Crippen molar-refractivity contribution in [2.75, 3.05) is 19.6 Å². The number of rotatable bonds is 3. The third-order valence-electron chi connectivity index (χ3n) is 4.63. The summed E-state index contributed by atoms with van der Waals surface area (Å²) in [6.07, 6.45) is 7.21. The van der Waals surface area contributed by atoms with Gasteiger partial charge in [0.25, 0.3) is 0 Å². The van der Waals surface area contributed by atoms with E-state index in [1.807, 2.05) is 11.3 Å². The van der Waals surface area contributed by atoms with Gasteiger partial charge in [-0.2, -0.15) is 0 Å². The summed E-state index contributed by atoms with van der Waals surface area (Å²) in [5.41, 5.74) is 0. The van der Waals surface area contributed by atoms with Crippen LogP contribution in [0, 0.1) is 5.92 Å². The lowest BCUT2D eigenvalue weighted by atomic mass is 9.82. The van der Waals surface area contributed by atoms with Gasteiger partial charge in [0.1, 0.15) is 0 Å². The summed E-state index contributed by atoms with van der Waals surface area (Å²) in [4.78, 5) is 4.21. The normalized spacial score (nSPS) is 26.7. The fourth-order valence-corrected chi connectivity index (χ4v) is 5.07. The fourth-order valence-electron chi connectivity index (χ4n) is 3.57. The van der Waals surface area contributed by atoms with E-state index in [0.717, 1.165) is 25.0 Å². The summed E-state index contributed by atoms with van der Waals surface area (Å²) in [5, 5.41) is 5.80. The number of hydrogen-bond donors (Lipinski definition) is 1. The zero-order valence-corrected chi connectivity index (χ0v) is 13.8.